The first-order chi connectivity index (χ1) is 8.85. The number of rotatable bonds is 2. The zero-order valence-electron chi connectivity index (χ0n) is 10.2. The fourth-order valence-corrected chi connectivity index (χ4v) is 1.46. The van der Waals surface area contributed by atoms with Crippen LogP contribution in [0.15, 0.2) is 24.3 Å². The Morgan fingerprint density at radius 1 is 1.37 bits per heavy atom. The standard InChI is InChI=1S/C13H12F3NO2/c1-17(9-13(14,15)16)12(19)11-7-3-2-5-10(11)6-4-8-18/h2-3,5,7,18H,8-9H2,1H3. The first-order valence-corrected chi connectivity index (χ1v) is 5.36. The van der Waals surface area contributed by atoms with Crippen molar-refractivity contribution in [2.75, 3.05) is 20.2 Å². The van der Waals surface area contributed by atoms with E-state index in [1.54, 1.807) is 12.1 Å². The number of aliphatic hydroxyl groups excluding tert-OH is 1. The molecule has 1 aromatic rings. The van der Waals surface area contributed by atoms with Gasteiger partial charge >= 0.3 is 6.18 Å². The van der Waals surface area contributed by atoms with E-state index in [2.05, 4.69) is 11.8 Å². The van der Waals surface area contributed by atoms with Gasteiger partial charge in [0.2, 0.25) is 0 Å². The van der Waals surface area contributed by atoms with Crippen LogP contribution in [0.4, 0.5) is 13.2 Å². The molecule has 0 heterocycles. The van der Waals surface area contributed by atoms with Crippen LogP contribution in [0.2, 0.25) is 0 Å². The Kier molecular flexibility index (Phi) is 4.95. The van der Waals surface area contributed by atoms with Crippen LogP contribution in [-0.2, 0) is 0 Å². The summed E-state index contributed by atoms with van der Waals surface area (Å²) in [5.41, 5.74) is 0.366. The van der Waals surface area contributed by atoms with Gasteiger partial charge in [0.25, 0.3) is 5.91 Å². The highest BCUT2D eigenvalue weighted by molar-refractivity contribution is 5.96. The second-order valence-corrected chi connectivity index (χ2v) is 3.78. The third-order valence-corrected chi connectivity index (χ3v) is 2.22. The van der Waals surface area contributed by atoms with Crippen LogP contribution < -0.4 is 0 Å². The van der Waals surface area contributed by atoms with Crippen molar-refractivity contribution in [3.63, 3.8) is 0 Å². The molecular formula is C13H12F3NO2. The molecule has 0 saturated heterocycles. The number of hydrogen-bond donors (Lipinski definition) is 1. The van der Waals surface area contributed by atoms with Gasteiger partial charge in [0, 0.05) is 12.6 Å². The molecule has 3 nitrogen and oxygen atoms in total. The Morgan fingerprint density at radius 3 is 2.58 bits per heavy atom. The van der Waals surface area contributed by atoms with E-state index in [-0.39, 0.29) is 17.7 Å². The third kappa shape index (κ3) is 4.64. The fourth-order valence-electron chi connectivity index (χ4n) is 1.46. The topological polar surface area (TPSA) is 40.5 Å². The Hall–Kier alpha value is -2.00. The molecule has 0 fully saturated rings. The lowest BCUT2D eigenvalue weighted by Crippen LogP contribution is -2.36. The number of halogens is 3. The summed E-state index contributed by atoms with van der Waals surface area (Å²) in [7, 11) is 1.08. The summed E-state index contributed by atoms with van der Waals surface area (Å²) in [6.45, 7) is -1.71. The van der Waals surface area contributed by atoms with Gasteiger partial charge in [-0.25, -0.2) is 0 Å². The highest BCUT2D eigenvalue weighted by Gasteiger charge is 2.31. The van der Waals surface area contributed by atoms with Crippen LogP contribution in [0.1, 0.15) is 15.9 Å². The molecule has 1 amide bonds. The number of aliphatic hydroxyl groups is 1. The lowest BCUT2D eigenvalue weighted by Gasteiger charge is -2.19. The van der Waals surface area contributed by atoms with Gasteiger partial charge in [0.1, 0.15) is 13.2 Å². The zero-order chi connectivity index (χ0) is 14.5. The molecule has 1 rings (SSSR count). The number of hydrogen-bond acceptors (Lipinski definition) is 2. The zero-order valence-corrected chi connectivity index (χ0v) is 10.2. The lowest BCUT2D eigenvalue weighted by atomic mass is 10.1. The van der Waals surface area contributed by atoms with Gasteiger partial charge in [-0.3, -0.25) is 4.79 Å². The minimum absolute atomic E-state index is 0.0789. The molecule has 0 aliphatic rings. The number of carbonyl (C=O) groups is 1. The monoisotopic (exact) mass is 271 g/mol. The van der Waals surface area contributed by atoms with Crippen LogP contribution in [-0.4, -0.2) is 42.3 Å². The van der Waals surface area contributed by atoms with Crippen molar-refractivity contribution < 1.29 is 23.1 Å². The Balaban J connectivity index is 2.99. The average molecular weight is 271 g/mol. The lowest BCUT2D eigenvalue weighted by molar-refractivity contribution is -0.138. The summed E-state index contributed by atoms with van der Waals surface area (Å²) in [4.78, 5) is 12.5. The smallest absolute Gasteiger partial charge is 0.384 e. The van der Waals surface area contributed by atoms with E-state index in [9.17, 15) is 18.0 Å². The second-order valence-electron chi connectivity index (χ2n) is 3.78. The highest BCUT2D eigenvalue weighted by Crippen LogP contribution is 2.18. The average Bonchev–Trinajstić information content (AvgIpc) is 2.33. The third-order valence-electron chi connectivity index (χ3n) is 2.22. The van der Waals surface area contributed by atoms with E-state index < -0.39 is 18.6 Å². The quantitative estimate of drug-likeness (QED) is 0.831. The predicted molar refractivity (Wildman–Crippen MR) is 63.4 cm³/mol. The summed E-state index contributed by atoms with van der Waals surface area (Å²) < 4.78 is 36.7. The molecule has 1 aromatic carbocycles. The number of alkyl halides is 3. The van der Waals surface area contributed by atoms with Crippen molar-refractivity contribution in [3.8, 4) is 11.8 Å². The number of amides is 1. The normalized spacial score (nSPS) is 10.6. The summed E-state index contributed by atoms with van der Waals surface area (Å²) in [5.74, 6) is 4.13. The Bertz CT molecular complexity index is 515. The van der Waals surface area contributed by atoms with E-state index in [0.29, 0.717) is 4.90 Å². The molecule has 0 atom stereocenters. The van der Waals surface area contributed by atoms with Gasteiger partial charge in [-0.2, -0.15) is 13.2 Å². The van der Waals surface area contributed by atoms with Crippen molar-refractivity contribution in [3.05, 3.63) is 35.4 Å². The van der Waals surface area contributed by atoms with Crippen molar-refractivity contribution in [2.45, 2.75) is 6.18 Å². The molecule has 0 bridgehead atoms. The van der Waals surface area contributed by atoms with E-state index in [1.807, 2.05) is 0 Å². The van der Waals surface area contributed by atoms with Crippen LogP contribution in [0, 0.1) is 11.8 Å². The molecule has 0 unspecified atom stereocenters. The first-order valence-electron chi connectivity index (χ1n) is 5.36. The molecule has 19 heavy (non-hydrogen) atoms. The van der Waals surface area contributed by atoms with Crippen LogP contribution in [0.3, 0.4) is 0 Å². The van der Waals surface area contributed by atoms with Gasteiger partial charge in [-0.1, -0.05) is 24.0 Å². The number of nitrogens with zero attached hydrogens (tertiary/aromatic N) is 1. The summed E-state index contributed by atoms with van der Waals surface area (Å²) in [6, 6.07) is 6.06. The van der Waals surface area contributed by atoms with E-state index in [4.69, 9.17) is 5.11 Å². The van der Waals surface area contributed by atoms with E-state index in [0.717, 1.165) is 7.05 Å². The molecule has 0 radical (unpaired) electrons. The minimum Gasteiger partial charge on any atom is -0.384 e. The van der Waals surface area contributed by atoms with Gasteiger partial charge in [-0.05, 0) is 12.1 Å². The van der Waals surface area contributed by atoms with E-state index in [1.165, 1.54) is 12.1 Å². The molecule has 6 heteroatoms. The molecule has 1 N–H and O–H groups in total. The van der Waals surface area contributed by atoms with Crippen LogP contribution in [0.5, 0.6) is 0 Å². The molecule has 102 valence electrons. The van der Waals surface area contributed by atoms with Gasteiger partial charge in [-0.15, -0.1) is 0 Å². The maximum atomic E-state index is 12.2. The molecule has 0 spiro atoms. The van der Waals surface area contributed by atoms with Gasteiger partial charge in [0.05, 0.1) is 5.56 Å². The highest BCUT2D eigenvalue weighted by atomic mass is 19.4. The predicted octanol–water partition coefficient (Wildman–Crippen LogP) is 1.66. The second kappa shape index (κ2) is 6.25. The Morgan fingerprint density at radius 2 is 2.00 bits per heavy atom. The summed E-state index contributed by atoms with van der Waals surface area (Å²) in [6.07, 6.45) is -4.45. The molecule has 0 aliphatic carbocycles. The van der Waals surface area contributed by atoms with Crippen molar-refractivity contribution in [2.24, 2.45) is 0 Å². The van der Waals surface area contributed by atoms with Crippen LogP contribution >= 0.6 is 0 Å². The summed E-state index contributed by atoms with van der Waals surface area (Å²) >= 11 is 0. The maximum absolute atomic E-state index is 12.2. The van der Waals surface area contributed by atoms with Gasteiger partial charge < -0.3 is 10.0 Å². The minimum atomic E-state index is -4.45. The summed E-state index contributed by atoms with van der Waals surface area (Å²) in [5, 5.41) is 8.60. The van der Waals surface area contributed by atoms with Crippen molar-refractivity contribution >= 4 is 5.91 Å². The number of carbonyl (C=O) groups excluding carboxylic acids is 1. The Labute approximate surface area is 108 Å². The number of benzene rings is 1. The molecule has 0 aliphatic heterocycles. The van der Waals surface area contributed by atoms with Crippen molar-refractivity contribution in [1.29, 1.82) is 0 Å². The largest absolute Gasteiger partial charge is 0.406 e. The first kappa shape index (κ1) is 15.1. The van der Waals surface area contributed by atoms with Crippen molar-refractivity contribution in [1.82, 2.24) is 4.90 Å². The molecular weight excluding hydrogens is 259 g/mol. The van der Waals surface area contributed by atoms with Crippen LogP contribution in [0.25, 0.3) is 0 Å². The molecule has 0 saturated carbocycles. The molecule has 0 aromatic heterocycles. The fraction of sp³-hybridized carbons (Fsp3) is 0.308. The SMILES string of the molecule is CN(CC(F)(F)F)C(=O)c1ccccc1C#CCO. The van der Waals surface area contributed by atoms with E-state index >= 15 is 0 Å². The van der Waals surface area contributed by atoms with Gasteiger partial charge in [0.15, 0.2) is 0 Å². The maximum Gasteiger partial charge on any atom is 0.406 e.